The molecule has 0 fully saturated rings. The zero-order chi connectivity index (χ0) is 18.4. The summed E-state index contributed by atoms with van der Waals surface area (Å²) in [4.78, 5) is 0. The van der Waals surface area contributed by atoms with Gasteiger partial charge >= 0.3 is 0 Å². The van der Waals surface area contributed by atoms with Gasteiger partial charge in [0.25, 0.3) is 0 Å². The van der Waals surface area contributed by atoms with Crippen LogP contribution >= 0.6 is 0 Å². The van der Waals surface area contributed by atoms with Crippen molar-refractivity contribution in [2.45, 2.75) is 13.2 Å². The van der Waals surface area contributed by atoms with Crippen molar-refractivity contribution in [1.82, 2.24) is 10.2 Å². The molecule has 1 N–H and O–H groups in total. The number of methoxy groups -OCH3 is 3. The number of aromatic amines is 1. The van der Waals surface area contributed by atoms with Crippen molar-refractivity contribution >= 4 is 0 Å². The van der Waals surface area contributed by atoms with Crippen LogP contribution < -0.4 is 14.2 Å². The minimum Gasteiger partial charge on any atom is -0.493 e. The molecule has 6 nitrogen and oxygen atoms in total. The molecule has 3 rings (SSSR count). The van der Waals surface area contributed by atoms with Gasteiger partial charge < -0.3 is 18.9 Å². The maximum atomic E-state index is 5.74. The van der Waals surface area contributed by atoms with Crippen molar-refractivity contribution in [2.24, 2.45) is 0 Å². The van der Waals surface area contributed by atoms with Gasteiger partial charge in [-0.3, -0.25) is 5.10 Å². The van der Waals surface area contributed by atoms with Crippen LogP contribution in [0.2, 0.25) is 0 Å². The fourth-order valence-electron chi connectivity index (χ4n) is 2.67. The molecule has 0 saturated carbocycles. The third-order valence-electron chi connectivity index (χ3n) is 3.96. The molecule has 0 aliphatic carbocycles. The van der Waals surface area contributed by atoms with Crippen LogP contribution in [0, 0.1) is 0 Å². The van der Waals surface area contributed by atoms with Gasteiger partial charge in [-0.15, -0.1) is 0 Å². The molecule has 0 unspecified atom stereocenters. The van der Waals surface area contributed by atoms with Crippen LogP contribution in [0.5, 0.6) is 17.2 Å². The smallest absolute Gasteiger partial charge is 0.203 e. The van der Waals surface area contributed by atoms with Crippen LogP contribution in [-0.4, -0.2) is 31.5 Å². The molecule has 3 aromatic rings. The molecule has 0 aliphatic rings. The maximum absolute atomic E-state index is 5.74. The molecule has 0 atom stereocenters. The Morgan fingerprint density at radius 3 is 2.15 bits per heavy atom. The van der Waals surface area contributed by atoms with Gasteiger partial charge in [-0.25, -0.2) is 0 Å². The Kier molecular flexibility index (Phi) is 5.76. The average molecular weight is 354 g/mol. The Labute approximate surface area is 152 Å². The van der Waals surface area contributed by atoms with Crippen molar-refractivity contribution < 1.29 is 18.9 Å². The average Bonchev–Trinajstić information content (AvgIpc) is 3.16. The standard InChI is InChI=1S/C20H22N2O4/c1-23-18-9-15(10-19(24-2)20(18)25-3)17-11-16(21-22-17)13-26-12-14-7-5-4-6-8-14/h4-11H,12-13H2,1-3H3,(H,21,22). The highest BCUT2D eigenvalue weighted by molar-refractivity contribution is 5.68. The molecular weight excluding hydrogens is 332 g/mol. The van der Waals surface area contributed by atoms with E-state index in [4.69, 9.17) is 18.9 Å². The first-order valence-corrected chi connectivity index (χ1v) is 8.21. The topological polar surface area (TPSA) is 65.6 Å². The van der Waals surface area contributed by atoms with E-state index in [-0.39, 0.29) is 0 Å². The SMILES string of the molecule is COc1cc(-c2cc(COCc3ccccc3)[nH]n2)cc(OC)c1OC. The lowest BCUT2D eigenvalue weighted by Gasteiger charge is -2.13. The van der Waals surface area contributed by atoms with Crippen molar-refractivity contribution in [3.05, 3.63) is 59.8 Å². The summed E-state index contributed by atoms with van der Waals surface area (Å²) < 4.78 is 21.9. The second-order valence-corrected chi connectivity index (χ2v) is 5.67. The van der Waals surface area contributed by atoms with Crippen LogP contribution in [0.15, 0.2) is 48.5 Å². The van der Waals surface area contributed by atoms with Gasteiger partial charge in [0.15, 0.2) is 11.5 Å². The predicted octanol–water partition coefficient (Wildman–Crippen LogP) is 3.82. The Morgan fingerprint density at radius 1 is 0.846 bits per heavy atom. The van der Waals surface area contributed by atoms with E-state index >= 15 is 0 Å². The summed E-state index contributed by atoms with van der Waals surface area (Å²) in [6.07, 6.45) is 0. The van der Waals surface area contributed by atoms with Gasteiger partial charge in [0.2, 0.25) is 5.75 Å². The Balaban J connectivity index is 1.73. The summed E-state index contributed by atoms with van der Waals surface area (Å²) in [6, 6.07) is 15.7. The number of aromatic nitrogens is 2. The highest BCUT2D eigenvalue weighted by Crippen LogP contribution is 2.40. The van der Waals surface area contributed by atoms with Gasteiger partial charge in [0, 0.05) is 5.56 Å². The third-order valence-corrected chi connectivity index (χ3v) is 3.96. The molecule has 6 heteroatoms. The number of ether oxygens (including phenoxy) is 4. The molecule has 0 aliphatic heterocycles. The Hall–Kier alpha value is -2.99. The number of nitrogens with zero attached hydrogens (tertiary/aromatic N) is 1. The van der Waals surface area contributed by atoms with E-state index in [1.54, 1.807) is 21.3 Å². The third kappa shape index (κ3) is 3.97. The Bertz CT molecular complexity index is 821. The van der Waals surface area contributed by atoms with Crippen LogP contribution in [0.3, 0.4) is 0 Å². The van der Waals surface area contributed by atoms with Gasteiger partial charge in [0.1, 0.15) is 0 Å². The van der Waals surface area contributed by atoms with Crippen LogP contribution in [0.25, 0.3) is 11.3 Å². The summed E-state index contributed by atoms with van der Waals surface area (Å²) in [7, 11) is 4.76. The van der Waals surface area contributed by atoms with E-state index in [2.05, 4.69) is 10.2 Å². The summed E-state index contributed by atoms with van der Waals surface area (Å²) >= 11 is 0. The first kappa shape index (κ1) is 17.8. The van der Waals surface area contributed by atoms with Crippen molar-refractivity contribution in [3.8, 4) is 28.5 Å². The van der Waals surface area contributed by atoms with E-state index in [1.165, 1.54) is 0 Å². The van der Waals surface area contributed by atoms with E-state index < -0.39 is 0 Å². The number of H-pyrrole nitrogens is 1. The summed E-state index contributed by atoms with van der Waals surface area (Å²) in [5, 5.41) is 7.37. The zero-order valence-corrected chi connectivity index (χ0v) is 15.1. The lowest BCUT2D eigenvalue weighted by atomic mass is 10.1. The van der Waals surface area contributed by atoms with E-state index in [1.807, 2.05) is 48.5 Å². The molecule has 0 spiro atoms. The summed E-state index contributed by atoms with van der Waals surface area (Å²) in [6.45, 7) is 1.01. The first-order chi connectivity index (χ1) is 12.7. The summed E-state index contributed by atoms with van der Waals surface area (Å²) in [5.41, 5.74) is 3.68. The molecule has 0 amide bonds. The van der Waals surface area contributed by atoms with E-state index in [0.717, 1.165) is 22.5 Å². The number of benzene rings is 2. The number of hydrogen-bond donors (Lipinski definition) is 1. The second kappa shape index (κ2) is 8.40. The monoisotopic (exact) mass is 354 g/mol. The van der Waals surface area contributed by atoms with Crippen LogP contribution in [-0.2, 0) is 18.0 Å². The minimum atomic E-state index is 0.451. The lowest BCUT2D eigenvalue weighted by Crippen LogP contribution is -1.95. The quantitative estimate of drug-likeness (QED) is 0.666. The maximum Gasteiger partial charge on any atom is 0.203 e. The minimum absolute atomic E-state index is 0.451. The lowest BCUT2D eigenvalue weighted by molar-refractivity contribution is 0.104. The Morgan fingerprint density at radius 2 is 1.54 bits per heavy atom. The highest BCUT2D eigenvalue weighted by Gasteiger charge is 2.15. The number of nitrogens with one attached hydrogen (secondary N) is 1. The molecular formula is C20H22N2O4. The first-order valence-electron chi connectivity index (χ1n) is 8.21. The van der Waals surface area contributed by atoms with Gasteiger partial charge in [-0.05, 0) is 23.8 Å². The molecule has 136 valence electrons. The highest BCUT2D eigenvalue weighted by atomic mass is 16.5. The summed E-state index contributed by atoms with van der Waals surface area (Å²) in [5.74, 6) is 1.74. The van der Waals surface area contributed by atoms with Gasteiger partial charge in [-0.2, -0.15) is 5.10 Å². The van der Waals surface area contributed by atoms with Crippen molar-refractivity contribution in [2.75, 3.05) is 21.3 Å². The second-order valence-electron chi connectivity index (χ2n) is 5.67. The van der Waals surface area contributed by atoms with Gasteiger partial charge in [0.05, 0.1) is 45.9 Å². The zero-order valence-electron chi connectivity index (χ0n) is 15.1. The van der Waals surface area contributed by atoms with Crippen LogP contribution in [0.4, 0.5) is 0 Å². The largest absolute Gasteiger partial charge is 0.493 e. The van der Waals surface area contributed by atoms with Crippen LogP contribution in [0.1, 0.15) is 11.3 Å². The van der Waals surface area contributed by atoms with E-state index in [9.17, 15) is 0 Å². The molecule has 0 bridgehead atoms. The molecule has 0 saturated heterocycles. The fraction of sp³-hybridized carbons (Fsp3) is 0.250. The molecule has 0 radical (unpaired) electrons. The number of rotatable bonds is 8. The molecule has 2 aromatic carbocycles. The van der Waals surface area contributed by atoms with Crippen molar-refractivity contribution in [3.63, 3.8) is 0 Å². The fourth-order valence-corrected chi connectivity index (χ4v) is 2.67. The molecule has 26 heavy (non-hydrogen) atoms. The van der Waals surface area contributed by atoms with Gasteiger partial charge in [-0.1, -0.05) is 30.3 Å². The molecule has 1 heterocycles. The normalized spacial score (nSPS) is 10.6. The molecule has 1 aromatic heterocycles. The van der Waals surface area contributed by atoms with E-state index in [0.29, 0.717) is 30.5 Å². The van der Waals surface area contributed by atoms with Crippen molar-refractivity contribution in [1.29, 1.82) is 0 Å². The predicted molar refractivity (Wildman–Crippen MR) is 98.6 cm³/mol. The number of hydrogen-bond acceptors (Lipinski definition) is 5.